The van der Waals surface area contributed by atoms with Crippen molar-refractivity contribution in [1.82, 2.24) is 0 Å². The minimum absolute atomic E-state index is 0.190. The van der Waals surface area contributed by atoms with Gasteiger partial charge in [-0.3, -0.25) is 0 Å². The van der Waals surface area contributed by atoms with E-state index < -0.39 is 0 Å². The van der Waals surface area contributed by atoms with Gasteiger partial charge in [0.05, 0.1) is 11.5 Å². The molecule has 0 amide bonds. The number of benzene rings is 1. The van der Waals surface area contributed by atoms with Gasteiger partial charge in [-0.2, -0.15) is 5.26 Å². The molecule has 1 fully saturated rings. The van der Waals surface area contributed by atoms with E-state index in [4.69, 9.17) is 0 Å². The maximum absolute atomic E-state index is 13.2. The zero-order valence-corrected chi connectivity index (χ0v) is 11.7. The number of hydrogen-bond acceptors (Lipinski definition) is 1. The van der Waals surface area contributed by atoms with Crippen molar-refractivity contribution >= 4 is 0 Å². The van der Waals surface area contributed by atoms with Gasteiger partial charge in [0, 0.05) is 0 Å². The summed E-state index contributed by atoms with van der Waals surface area (Å²) in [6.45, 7) is 1.94. The van der Waals surface area contributed by atoms with Crippen molar-refractivity contribution in [3.63, 3.8) is 0 Å². The summed E-state index contributed by atoms with van der Waals surface area (Å²) in [5, 5.41) is 9.64. The molecule has 0 bridgehead atoms. The van der Waals surface area contributed by atoms with Crippen LogP contribution in [0.4, 0.5) is 4.39 Å². The standard InChI is InChI=1S/C17H22FN/c1-14-11-16(18)8-7-15(14)12-17(13-19)9-5-3-2-4-6-10-17/h7-8,11H,2-6,9-10,12H2,1H3. The van der Waals surface area contributed by atoms with E-state index in [1.165, 1.54) is 25.3 Å². The Bertz CT molecular complexity index is 465. The fourth-order valence-electron chi connectivity index (χ4n) is 3.13. The molecule has 102 valence electrons. The quantitative estimate of drug-likeness (QED) is 0.738. The molecule has 1 aromatic rings. The van der Waals surface area contributed by atoms with Crippen LogP contribution in [0.1, 0.15) is 56.1 Å². The van der Waals surface area contributed by atoms with Gasteiger partial charge in [0.1, 0.15) is 5.82 Å². The van der Waals surface area contributed by atoms with Crippen molar-refractivity contribution in [3.8, 4) is 6.07 Å². The maximum atomic E-state index is 13.2. The minimum Gasteiger partial charge on any atom is -0.207 e. The first-order chi connectivity index (χ1) is 9.15. The number of aryl methyl sites for hydroxylation is 1. The molecular weight excluding hydrogens is 237 g/mol. The zero-order chi connectivity index (χ0) is 13.7. The largest absolute Gasteiger partial charge is 0.207 e. The average Bonchev–Trinajstić information content (AvgIpc) is 2.36. The van der Waals surface area contributed by atoms with E-state index in [0.717, 1.165) is 43.2 Å². The van der Waals surface area contributed by atoms with Gasteiger partial charge in [0.2, 0.25) is 0 Å². The van der Waals surface area contributed by atoms with E-state index in [0.29, 0.717) is 0 Å². The minimum atomic E-state index is -0.233. The summed E-state index contributed by atoms with van der Waals surface area (Å²) in [5.41, 5.74) is 1.86. The third kappa shape index (κ3) is 3.56. The average molecular weight is 259 g/mol. The zero-order valence-electron chi connectivity index (χ0n) is 11.7. The molecule has 0 saturated heterocycles. The Morgan fingerprint density at radius 1 is 1.16 bits per heavy atom. The third-order valence-corrected chi connectivity index (χ3v) is 4.38. The highest BCUT2D eigenvalue weighted by molar-refractivity contribution is 5.29. The van der Waals surface area contributed by atoms with Gasteiger partial charge >= 0.3 is 0 Å². The predicted molar refractivity (Wildman–Crippen MR) is 75.2 cm³/mol. The number of halogens is 1. The van der Waals surface area contributed by atoms with E-state index in [-0.39, 0.29) is 11.2 Å². The van der Waals surface area contributed by atoms with E-state index in [9.17, 15) is 9.65 Å². The molecular formula is C17H22FN. The molecule has 0 aromatic heterocycles. The molecule has 0 atom stereocenters. The first kappa shape index (κ1) is 14.1. The normalized spacial score (nSPS) is 19.2. The summed E-state index contributed by atoms with van der Waals surface area (Å²) in [4.78, 5) is 0. The van der Waals surface area contributed by atoms with Gasteiger partial charge in [-0.1, -0.05) is 38.2 Å². The summed E-state index contributed by atoms with van der Waals surface area (Å²) in [7, 11) is 0. The summed E-state index contributed by atoms with van der Waals surface area (Å²) < 4.78 is 13.2. The Morgan fingerprint density at radius 2 is 1.79 bits per heavy atom. The molecule has 0 aliphatic heterocycles. The van der Waals surface area contributed by atoms with Crippen LogP contribution in [0.2, 0.25) is 0 Å². The van der Waals surface area contributed by atoms with Crippen LogP contribution in [0.5, 0.6) is 0 Å². The third-order valence-electron chi connectivity index (χ3n) is 4.38. The van der Waals surface area contributed by atoms with Crippen molar-refractivity contribution < 1.29 is 4.39 Å². The number of rotatable bonds is 2. The topological polar surface area (TPSA) is 23.8 Å². The number of nitriles is 1. The molecule has 0 N–H and O–H groups in total. The molecule has 0 unspecified atom stereocenters. The lowest BCUT2D eigenvalue weighted by Crippen LogP contribution is -2.23. The van der Waals surface area contributed by atoms with Gasteiger partial charge in [-0.25, -0.2) is 4.39 Å². The first-order valence-corrected chi connectivity index (χ1v) is 7.31. The Labute approximate surface area is 115 Å². The van der Waals surface area contributed by atoms with Crippen LogP contribution in [0, 0.1) is 29.5 Å². The smallest absolute Gasteiger partial charge is 0.123 e. The molecule has 19 heavy (non-hydrogen) atoms. The fraction of sp³-hybridized carbons (Fsp3) is 0.588. The molecule has 0 spiro atoms. The lowest BCUT2D eigenvalue weighted by Gasteiger charge is -2.29. The summed E-state index contributed by atoms with van der Waals surface area (Å²) in [6.07, 6.45) is 8.83. The van der Waals surface area contributed by atoms with Crippen LogP contribution in [0.15, 0.2) is 18.2 Å². The lowest BCUT2D eigenvalue weighted by atomic mass is 9.73. The summed E-state index contributed by atoms with van der Waals surface area (Å²) >= 11 is 0. The van der Waals surface area contributed by atoms with Gasteiger partial charge in [0.25, 0.3) is 0 Å². The Balaban J connectivity index is 2.19. The molecule has 0 heterocycles. The molecule has 0 radical (unpaired) electrons. The van der Waals surface area contributed by atoms with Crippen LogP contribution in [-0.2, 0) is 6.42 Å². The first-order valence-electron chi connectivity index (χ1n) is 7.31. The van der Waals surface area contributed by atoms with Crippen molar-refractivity contribution in [3.05, 3.63) is 35.1 Å². The second kappa shape index (κ2) is 6.19. The molecule has 1 aromatic carbocycles. The van der Waals surface area contributed by atoms with E-state index >= 15 is 0 Å². The van der Waals surface area contributed by atoms with Crippen LogP contribution >= 0.6 is 0 Å². The van der Waals surface area contributed by atoms with Crippen molar-refractivity contribution in [2.24, 2.45) is 5.41 Å². The van der Waals surface area contributed by atoms with Crippen LogP contribution < -0.4 is 0 Å². The molecule has 1 saturated carbocycles. The van der Waals surface area contributed by atoms with Crippen LogP contribution in [-0.4, -0.2) is 0 Å². The number of hydrogen-bond donors (Lipinski definition) is 0. The van der Waals surface area contributed by atoms with Crippen LogP contribution in [0.3, 0.4) is 0 Å². The molecule has 1 aliphatic rings. The van der Waals surface area contributed by atoms with Gasteiger partial charge in [-0.15, -0.1) is 0 Å². The van der Waals surface area contributed by atoms with Crippen molar-refractivity contribution in [1.29, 1.82) is 5.26 Å². The molecule has 2 rings (SSSR count). The fourth-order valence-corrected chi connectivity index (χ4v) is 3.13. The molecule has 1 nitrogen and oxygen atoms in total. The van der Waals surface area contributed by atoms with Crippen LogP contribution in [0.25, 0.3) is 0 Å². The maximum Gasteiger partial charge on any atom is 0.123 e. The summed E-state index contributed by atoms with van der Waals surface area (Å²) in [6, 6.07) is 7.51. The van der Waals surface area contributed by atoms with Gasteiger partial charge < -0.3 is 0 Å². The van der Waals surface area contributed by atoms with E-state index in [2.05, 4.69) is 6.07 Å². The van der Waals surface area contributed by atoms with E-state index in [1.54, 1.807) is 6.07 Å². The second-order valence-electron chi connectivity index (χ2n) is 5.91. The van der Waals surface area contributed by atoms with Crippen molar-refractivity contribution in [2.75, 3.05) is 0 Å². The number of nitrogens with zero attached hydrogens (tertiary/aromatic N) is 1. The molecule has 1 aliphatic carbocycles. The summed E-state index contributed by atoms with van der Waals surface area (Å²) in [5.74, 6) is -0.190. The van der Waals surface area contributed by atoms with Gasteiger partial charge in [0.15, 0.2) is 0 Å². The molecule has 2 heteroatoms. The lowest BCUT2D eigenvalue weighted by molar-refractivity contribution is 0.287. The predicted octanol–water partition coefficient (Wildman–Crippen LogP) is 4.93. The van der Waals surface area contributed by atoms with E-state index in [1.807, 2.05) is 13.0 Å². The highest BCUT2D eigenvalue weighted by Crippen LogP contribution is 2.37. The Hall–Kier alpha value is -1.36. The SMILES string of the molecule is Cc1cc(F)ccc1CC1(C#N)CCCCCCC1. The highest BCUT2D eigenvalue weighted by atomic mass is 19.1. The highest BCUT2D eigenvalue weighted by Gasteiger charge is 2.30. The van der Waals surface area contributed by atoms with Crippen molar-refractivity contribution in [2.45, 2.75) is 58.3 Å². The van der Waals surface area contributed by atoms with Gasteiger partial charge in [-0.05, 0) is 49.4 Å². The Morgan fingerprint density at radius 3 is 2.37 bits per heavy atom. The monoisotopic (exact) mass is 259 g/mol. The second-order valence-corrected chi connectivity index (χ2v) is 5.91. The Kier molecular flexibility index (Phi) is 4.58.